The maximum Gasteiger partial charge on any atom is 0.0987 e. The second-order valence-electron chi connectivity index (χ2n) is 5.14. The van der Waals surface area contributed by atoms with Gasteiger partial charge in [0.15, 0.2) is 0 Å². The Labute approximate surface area is 100 Å². The minimum atomic E-state index is -0.590. The molecule has 0 aliphatic carbocycles. The minimum absolute atomic E-state index is 0.228. The molecule has 1 aliphatic heterocycles. The Bertz CT molecular complexity index is 193. The molecule has 0 bridgehead atoms. The van der Waals surface area contributed by atoms with Gasteiger partial charge in [-0.1, -0.05) is 46.5 Å². The van der Waals surface area contributed by atoms with E-state index in [1.807, 2.05) is 0 Å². The standard InChI is InChI=1S/C14H28O2/c1-4-7-8-9-10-13(15,5-2)14(6-3)11-12-16-14/h15H,4-12H2,1-3H3. The Morgan fingerprint density at radius 2 is 1.88 bits per heavy atom. The van der Waals surface area contributed by atoms with E-state index >= 15 is 0 Å². The highest BCUT2D eigenvalue weighted by Gasteiger charge is 2.52. The molecular formula is C14H28O2. The summed E-state index contributed by atoms with van der Waals surface area (Å²) in [6.07, 6.45) is 8.57. The minimum Gasteiger partial charge on any atom is -0.387 e. The van der Waals surface area contributed by atoms with Crippen LogP contribution in [0.1, 0.15) is 72.1 Å². The first kappa shape index (κ1) is 14.0. The smallest absolute Gasteiger partial charge is 0.0987 e. The zero-order valence-corrected chi connectivity index (χ0v) is 11.2. The lowest BCUT2D eigenvalue weighted by Gasteiger charge is -2.52. The normalized spacial score (nSPS) is 28.5. The lowest BCUT2D eigenvalue weighted by atomic mass is 9.71. The molecule has 1 N–H and O–H groups in total. The van der Waals surface area contributed by atoms with Crippen molar-refractivity contribution in [1.29, 1.82) is 0 Å². The molecule has 0 aromatic heterocycles. The van der Waals surface area contributed by atoms with Crippen LogP contribution in [0.25, 0.3) is 0 Å². The van der Waals surface area contributed by atoms with Crippen LogP contribution in [-0.2, 0) is 4.74 Å². The zero-order valence-electron chi connectivity index (χ0n) is 11.2. The fourth-order valence-corrected chi connectivity index (χ4v) is 2.89. The molecular weight excluding hydrogens is 200 g/mol. The molecule has 2 nitrogen and oxygen atoms in total. The molecule has 2 heteroatoms. The third-order valence-electron chi connectivity index (χ3n) is 4.33. The van der Waals surface area contributed by atoms with Gasteiger partial charge in [0.2, 0.25) is 0 Å². The average Bonchev–Trinajstić information content (AvgIpc) is 2.23. The molecule has 2 unspecified atom stereocenters. The molecule has 2 atom stereocenters. The number of aliphatic hydroxyl groups is 1. The summed E-state index contributed by atoms with van der Waals surface area (Å²) in [6.45, 7) is 7.25. The Morgan fingerprint density at radius 3 is 2.25 bits per heavy atom. The predicted molar refractivity (Wildman–Crippen MR) is 67.6 cm³/mol. The fourth-order valence-electron chi connectivity index (χ4n) is 2.89. The first-order valence-corrected chi connectivity index (χ1v) is 7.00. The molecule has 0 radical (unpaired) electrons. The number of ether oxygens (including phenoxy) is 1. The molecule has 0 saturated carbocycles. The summed E-state index contributed by atoms with van der Waals surface area (Å²) in [5, 5.41) is 10.8. The van der Waals surface area contributed by atoms with Crippen molar-refractivity contribution in [2.24, 2.45) is 0 Å². The second kappa shape index (κ2) is 6.02. The summed E-state index contributed by atoms with van der Waals surface area (Å²) in [7, 11) is 0. The van der Waals surface area contributed by atoms with Crippen LogP contribution in [0, 0.1) is 0 Å². The number of hydrogen-bond acceptors (Lipinski definition) is 2. The van der Waals surface area contributed by atoms with E-state index in [9.17, 15) is 5.11 Å². The molecule has 1 aliphatic rings. The van der Waals surface area contributed by atoms with Crippen LogP contribution in [-0.4, -0.2) is 22.9 Å². The van der Waals surface area contributed by atoms with E-state index in [4.69, 9.17) is 4.74 Å². The van der Waals surface area contributed by atoms with Gasteiger partial charge in [-0.3, -0.25) is 0 Å². The summed E-state index contributed by atoms with van der Waals surface area (Å²) in [6, 6.07) is 0. The van der Waals surface area contributed by atoms with Crippen LogP contribution >= 0.6 is 0 Å². The molecule has 1 fully saturated rings. The van der Waals surface area contributed by atoms with Gasteiger partial charge in [0.1, 0.15) is 0 Å². The van der Waals surface area contributed by atoms with E-state index in [1.54, 1.807) is 0 Å². The van der Waals surface area contributed by atoms with Crippen LogP contribution in [0.3, 0.4) is 0 Å². The topological polar surface area (TPSA) is 29.5 Å². The van der Waals surface area contributed by atoms with E-state index in [0.717, 1.165) is 38.7 Å². The van der Waals surface area contributed by atoms with Crippen molar-refractivity contribution >= 4 is 0 Å². The van der Waals surface area contributed by atoms with Gasteiger partial charge in [0.05, 0.1) is 17.8 Å². The van der Waals surface area contributed by atoms with Crippen molar-refractivity contribution in [2.45, 2.75) is 83.3 Å². The van der Waals surface area contributed by atoms with Gasteiger partial charge in [0, 0.05) is 6.42 Å². The van der Waals surface area contributed by atoms with Crippen molar-refractivity contribution in [3.63, 3.8) is 0 Å². The van der Waals surface area contributed by atoms with E-state index in [-0.39, 0.29) is 5.60 Å². The first-order chi connectivity index (χ1) is 7.64. The lowest BCUT2D eigenvalue weighted by Crippen LogP contribution is -2.61. The van der Waals surface area contributed by atoms with E-state index in [1.165, 1.54) is 19.3 Å². The van der Waals surface area contributed by atoms with Crippen LogP contribution in [0.2, 0.25) is 0 Å². The number of hydrogen-bond donors (Lipinski definition) is 1. The molecule has 96 valence electrons. The quantitative estimate of drug-likeness (QED) is 0.642. The van der Waals surface area contributed by atoms with Crippen LogP contribution < -0.4 is 0 Å². The van der Waals surface area contributed by atoms with Gasteiger partial charge >= 0.3 is 0 Å². The Hall–Kier alpha value is -0.0800. The van der Waals surface area contributed by atoms with Crippen LogP contribution in [0.15, 0.2) is 0 Å². The largest absolute Gasteiger partial charge is 0.387 e. The molecule has 1 rings (SSSR count). The highest BCUT2D eigenvalue weighted by atomic mass is 16.5. The van der Waals surface area contributed by atoms with Crippen molar-refractivity contribution in [3.05, 3.63) is 0 Å². The summed E-state index contributed by atoms with van der Waals surface area (Å²) in [5.74, 6) is 0. The molecule has 16 heavy (non-hydrogen) atoms. The van der Waals surface area contributed by atoms with Gasteiger partial charge in [-0.05, 0) is 19.3 Å². The van der Waals surface area contributed by atoms with E-state index < -0.39 is 5.60 Å². The summed E-state index contributed by atoms with van der Waals surface area (Å²) >= 11 is 0. The van der Waals surface area contributed by atoms with Crippen LogP contribution in [0.5, 0.6) is 0 Å². The van der Waals surface area contributed by atoms with E-state index in [0.29, 0.717) is 0 Å². The molecule has 0 aromatic carbocycles. The molecule has 0 spiro atoms. The molecule has 1 saturated heterocycles. The Kier molecular flexibility index (Phi) is 5.26. The lowest BCUT2D eigenvalue weighted by molar-refractivity contribution is -0.256. The van der Waals surface area contributed by atoms with Gasteiger partial charge in [-0.2, -0.15) is 0 Å². The van der Waals surface area contributed by atoms with Gasteiger partial charge in [0.25, 0.3) is 0 Å². The zero-order chi connectivity index (χ0) is 12.1. The fraction of sp³-hybridized carbons (Fsp3) is 1.00. The van der Waals surface area contributed by atoms with Crippen molar-refractivity contribution in [2.75, 3.05) is 6.61 Å². The Balaban J connectivity index is 2.48. The van der Waals surface area contributed by atoms with Crippen molar-refractivity contribution in [3.8, 4) is 0 Å². The summed E-state index contributed by atoms with van der Waals surface area (Å²) < 4.78 is 5.73. The molecule has 1 heterocycles. The highest BCUT2D eigenvalue weighted by Crippen LogP contribution is 2.44. The van der Waals surface area contributed by atoms with Gasteiger partial charge < -0.3 is 9.84 Å². The highest BCUT2D eigenvalue weighted by molar-refractivity contribution is 5.03. The Morgan fingerprint density at radius 1 is 1.19 bits per heavy atom. The maximum atomic E-state index is 10.8. The third-order valence-corrected chi connectivity index (χ3v) is 4.33. The second-order valence-corrected chi connectivity index (χ2v) is 5.14. The van der Waals surface area contributed by atoms with Gasteiger partial charge in [-0.25, -0.2) is 0 Å². The van der Waals surface area contributed by atoms with Crippen LogP contribution in [0.4, 0.5) is 0 Å². The van der Waals surface area contributed by atoms with Gasteiger partial charge in [-0.15, -0.1) is 0 Å². The molecule has 0 aromatic rings. The summed E-state index contributed by atoms with van der Waals surface area (Å²) in [5.41, 5.74) is -0.818. The van der Waals surface area contributed by atoms with Crippen molar-refractivity contribution < 1.29 is 9.84 Å². The number of rotatable bonds is 8. The first-order valence-electron chi connectivity index (χ1n) is 7.00. The monoisotopic (exact) mass is 228 g/mol. The predicted octanol–water partition coefficient (Wildman–Crippen LogP) is 3.67. The third kappa shape index (κ3) is 2.60. The molecule has 0 amide bonds. The summed E-state index contributed by atoms with van der Waals surface area (Å²) in [4.78, 5) is 0. The SMILES string of the molecule is CCCCCCC(O)(CC)C1(CC)CCO1. The van der Waals surface area contributed by atoms with Crippen molar-refractivity contribution in [1.82, 2.24) is 0 Å². The van der Waals surface area contributed by atoms with E-state index in [2.05, 4.69) is 20.8 Å². The average molecular weight is 228 g/mol. The maximum absolute atomic E-state index is 10.8. The number of unbranched alkanes of at least 4 members (excludes halogenated alkanes) is 3.